The van der Waals surface area contributed by atoms with Gasteiger partial charge in [-0.3, -0.25) is 14.4 Å². The van der Waals surface area contributed by atoms with E-state index in [0.29, 0.717) is 27.0 Å². The average molecular weight is 667 g/mol. The summed E-state index contributed by atoms with van der Waals surface area (Å²) in [7, 11) is 0. The van der Waals surface area contributed by atoms with E-state index < -0.39 is 17.1 Å². The minimum absolute atomic E-state index is 0.0245. The largest absolute Gasteiger partial charge is 0.321 e. The lowest BCUT2D eigenvalue weighted by molar-refractivity contribution is -0.115. The normalized spacial score (nSPS) is 11.9. The van der Waals surface area contributed by atoms with Crippen LogP contribution in [0.3, 0.4) is 0 Å². The molecule has 3 amide bonds. The summed E-state index contributed by atoms with van der Waals surface area (Å²) in [5, 5.41) is 9.06. The topological polar surface area (TPSA) is 100 Å². The van der Waals surface area contributed by atoms with E-state index in [1.807, 2.05) is 57.2 Å². The van der Waals surface area contributed by atoms with Gasteiger partial charge in [0, 0.05) is 31.6 Å². The molecule has 0 spiro atoms. The number of rotatable bonds is 10. The summed E-state index contributed by atoms with van der Waals surface area (Å²) < 4.78 is 0. The molecule has 4 aromatic carbocycles. The van der Waals surface area contributed by atoms with Crippen LogP contribution in [0, 0.1) is 13.8 Å². The minimum Gasteiger partial charge on any atom is -0.321 e. The first-order valence-electron chi connectivity index (χ1n) is 14.4. The zero-order valence-corrected chi connectivity index (χ0v) is 27.7. The predicted octanol–water partition coefficient (Wildman–Crippen LogP) is 8.61. The molecule has 1 unspecified atom stereocenters. The maximum Gasteiger partial charge on any atom is 0.272 e. The first kappa shape index (κ1) is 32.7. The van der Waals surface area contributed by atoms with Crippen LogP contribution in [-0.2, 0) is 9.59 Å². The number of hydrogen-bond acceptors (Lipinski definition) is 6. The third kappa shape index (κ3) is 8.51. The highest BCUT2D eigenvalue weighted by Crippen LogP contribution is 2.32. The van der Waals surface area contributed by atoms with E-state index in [1.165, 1.54) is 34.7 Å². The number of halogens is 1. The number of thiazole rings is 1. The van der Waals surface area contributed by atoms with Crippen molar-refractivity contribution in [2.24, 2.45) is 0 Å². The van der Waals surface area contributed by atoms with Crippen molar-refractivity contribution < 1.29 is 14.4 Å². The Bertz CT molecular complexity index is 1910. The SMILES string of the molecule is Cc1ccc(-c2nc(NC(=O)C(C)Sc3cccc(NC(=O)/C(=C\c4ccccc4Cl)NC(=O)c4ccccc4)c3)sc2C)cc1. The summed E-state index contributed by atoms with van der Waals surface area (Å²) in [6.07, 6.45) is 1.54. The number of hydrogen-bond donors (Lipinski definition) is 3. The number of carbonyl (C=O) groups excluding carboxylic acids is 3. The molecular formula is C36H31ClN4O3S2. The molecule has 0 aliphatic heterocycles. The lowest BCUT2D eigenvalue weighted by atomic mass is 10.1. The van der Waals surface area contributed by atoms with E-state index in [2.05, 4.69) is 20.9 Å². The van der Waals surface area contributed by atoms with E-state index in [0.717, 1.165) is 21.0 Å². The molecule has 0 saturated carbocycles. The van der Waals surface area contributed by atoms with Crippen molar-refractivity contribution >= 4 is 69.3 Å². The molecule has 1 atom stereocenters. The highest BCUT2D eigenvalue weighted by atomic mass is 35.5. The molecule has 5 rings (SSSR count). The van der Waals surface area contributed by atoms with Crippen LogP contribution in [0.25, 0.3) is 17.3 Å². The second-order valence-corrected chi connectivity index (χ2v) is 13.4. The fourth-order valence-corrected chi connectivity index (χ4v) is 6.38. The van der Waals surface area contributed by atoms with Gasteiger partial charge in [0.2, 0.25) is 5.91 Å². The number of nitrogens with one attached hydrogen (secondary N) is 3. The number of carbonyl (C=O) groups is 3. The maximum atomic E-state index is 13.5. The van der Waals surface area contributed by atoms with Gasteiger partial charge >= 0.3 is 0 Å². The van der Waals surface area contributed by atoms with Gasteiger partial charge in [-0.15, -0.1) is 23.1 Å². The lowest BCUT2D eigenvalue weighted by Gasteiger charge is -2.14. The molecule has 232 valence electrons. The van der Waals surface area contributed by atoms with Crippen LogP contribution in [0.2, 0.25) is 5.02 Å². The van der Waals surface area contributed by atoms with Gasteiger partial charge in [0.25, 0.3) is 11.8 Å². The van der Waals surface area contributed by atoms with Crippen LogP contribution in [0.15, 0.2) is 114 Å². The van der Waals surface area contributed by atoms with Gasteiger partial charge in [0.1, 0.15) is 5.70 Å². The van der Waals surface area contributed by atoms with Crippen molar-refractivity contribution in [3.05, 3.63) is 135 Å². The Labute approximate surface area is 281 Å². The summed E-state index contributed by atoms with van der Waals surface area (Å²) in [6, 6.07) is 31.0. The molecule has 0 fully saturated rings. The monoisotopic (exact) mass is 666 g/mol. The first-order chi connectivity index (χ1) is 22.2. The zero-order valence-electron chi connectivity index (χ0n) is 25.3. The fraction of sp³-hybridized carbons (Fsp3) is 0.111. The molecule has 3 N–H and O–H groups in total. The third-order valence-electron chi connectivity index (χ3n) is 6.86. The van der Waals surface area contributed by atoms with Crippen molar-refractivity contribution in [1.82, 2.24) is 10.3 Å². The summed E-state index contributed by atoms with van der Waals surface area (Å²) in [4.78, 5) is 46.0. The molecule has 10 heteroatoms. The molecule has 0 bridgehead atoms. The second kappa shape index (κ2) is 15.1. The number of benzene rings is 4. The number of thioether (sulfide) groups is 1. The van der Waals surface area contributed by atoms with Crippen molar-refractivity contribution in [1.29, 1.82) is 0 Å². The van der Waals surface area contributed by atoms with Gasteiger partial charge in [0.05, 0.1) is 10.9 Å². The number of amides is 3. The molecule has 46 heavy (non-hydrogen) atoms. The van der Waals surface area contributed by atoms with Gasteiger partial charge in [0.15, 0.2) is 5.13 Å². The van der Waals surface area contributed by atoms with Gasteiger partial charge in [-0.1, -0.05) is 83.9 Å². The Balaban J connectivity index is 1.27. The number of aryl methyl sites for hydroxylation is 2. The van der Waals surface area contributed by atoms with Gasteiger partial charge in [-0.05, 0) is 68.8 Å². The van der Waals surface area contributed by atoms with Crippen LogP contribution in [0.4, 0.5) is 10.8 Å². The maximum absolute atomic E-state index is 13.5. The van der Waals surface area contributed by atoms with Crippen LogP contribution in [0.5, 0.6) is 0 Å². The number of aromatic nitrogens is 1. The Hall–Kier alpha value is -4.70. The van der Waals surface area contributed by atoms with Crippen molar-refractivity contribution in [2.75, 3.05) is 10.6 Å². The molecule has 5 aromatic rings. The molecule has 0 radical (unpaired) electrons. The third-order valence-corrected chi connectivity index (χ3v) is 9.18. The molecule has 1 aromatic heterocycles. The summed E-state index contributed by atoms with van der Waals surface area (Å²) >= 11 is 9.14. The summed E-state index contributed by atoms with van der Waals surface area (Å²) in [6.45, 7) is 5.84. The average Bonchev–Trinajstić information content (AvgIpc) is 3.41. The molecule has 7 nitrogen and oxygen atoms in total. The van der Waals surface area contributed by atoms with Crippen molar-refractivity contribution in [3.8, 4) is 11.3 Å². The quantitative estimate of drug-likeness (QED) is 0.102. The van der Waals surface area contributed by atoms with E-state index in [-0.39, 0.29) is 11.6 Å². The van der Waals surface area contributed by atoms with E-state index in [4.69, 9.17) is 11.6 Å². The van der Waals surface area contributed by atoms with Crippen molar-refractivity contribution in [2.45, 2.75) is 30.9 Å². The van der Waals surface area contributed by atoms with Crippen molar-refractivity contribution in [3.63, 3.8) is 0 Å². The second-order valence-electron chi connectivity index (χ2n) is 10.4. The van der Waals surface area contributed by atoms with E-state index in [9.17, 15) is 14.4 Å². The highest BCUT2D eigenvalue weighted by molar-refractivity contribution is 8.00. The highest BCUT2D eigenvalue weighted by Gasteiger charge is 2.19. The van der Waals surface area contributed by atoms with Gasteiger partial charge in [-0.2, -0.15) is 0 Å². The van der Waals surface area contributed by atoms with Crippen LogP contribution < -0.4 is 16.0 Å². The Morgan fingerprint density at radius 2 is 1.59 bits per heavy atom. The summed E-state index contributed by atoms with van der Waals surface area (Å²) in [5.74, 6) is -1.14. The first-order valence-corrected chi connectivity index (χ1v) is 16.5. The van der Waals surface area contributed by atoms with Gasteiger partial charge in [-0.25, -0.2) is 4.98 Å². The van der Waals surface area contributed by atoms with Gasteiger partial charge < -0.3 is 16.0 Å². The Morgan fingerprint density at radius 1 is 0.870 bits per heavy atom. The van der Waals surface area contributed by atoms with E-state index in [1.54, 1.807) is 66.7 Å². The summed E-state index contributed by atoms with van der Waals surface area (Å²) in [5.41, 5.74) is 4.54. The van der Waals surface area contributed by atoms with Crippen LogP contribution in [0.1, 0.15) is 33.3 Å². The fourth-order valence-electron chi connectivity index (χ4n) is 4.43. The van der Waals surface area contributed by atoms with E-state index >= 15 is 0 Å². The Kier molecular flexibility index (Phi) is 10.7. The van der Waals surface area contributed by atoms with Crippen LogP contribution in [-0.4, -0.2) is 28.0 Å². The zero-order chi connectivity index (χ0) is 32.6. The molecule has 0 aliphatic carbocycles. The molecule has 0 saturated heterocycles. The number of nitrogens with zero attached hydrogens (tertiary/aromatic N) is 1. The standard InChI is InChI=1S/C36H31ClN4O3S2/c1-22-16-18-25(19-17-22)32-23(2)46-36(40-32)41-33(42)24(3)45-29-14-9-13-28(21-29)38-35(44)31(20-27-12-7-8-15-30(27)37)39-34(43)26-10-5-4-6-11-26/h4-21,24H,1-3H3,(H,38,44)(H,39,43)(H,40,41,42)/b31-20+. The molecular weight excluding hydrogens is 636 g/mol. The lowest BCUT2D eigenvalue weighted by Crippen LogP contribution is -2.30. The predicted molar refractivity (Wildman–Crippen MR) is 189 cm³/mol. The Morgan fingerprint density at radius 3 is 2.33 bits per heavy atom. The van der Waals surface area contributed by atoms with Crippen LogP contribution >= 0.6 is 34.7 Å². The minimum atomic E-state index is -0.527. The molecule has 0 aliphatic rings. The number of anilines is 2. The molecule has 1 heterocycles. The smallest absolute Gasteiger partial charge is 0.272 e.